The molecular formula is C17H21N5O2. The molecule has 3 heterocycles. The van der Waals surface area contributed by atoms with E-state index in [-0.39, 0.29) is 12.5 Å². The van der Waals surface area contributed by atoms with Crippen molar-refractivity contribution in [1.82, 2.24) is 20.3 Å². The number of hydrogen-bond donors (Lipinski definition) is 2. The number of aromatic nitrogens is 3. The highest BCUT2D eigenvalue weighted by Crippen LogP contribution is 2.23. The van der Waals surface area contributed by atoms with E-state index in [4.69, 9.17) is 0 Å². The number of aryl methyl sites for hydroxylation is 1. The second kappa shape index (κ2) is 6.92. The number of carbonyl (C=O) groups excluding carboxylic acids is 1. The van der Waals surface area contributed by atoms with Crippen molar-refractivity contribution in [2.45, 2.75) is 25.4 Å². The molecule has 1 fully saturated rings. The predicted molar refractivity (Wildman–Crippen MR) is 89.7 cm³/mol. The first-order valence-electron chi connectivity index (χ1n) is 8.02. The Kier molecular flexibility index (Phi) is 4.71. The van der Waals surface area contributed by atoms with Crippen molar-refractivity contribution in [3.05, 3.63) is 48.0 Å². The summed E-state index contributed by atoms with van der Waals surface area (Å²) >= 11 is 0. The first kappa shape index (κ1) is 16.3. The third-order valence-corrected chi connectivity index (χ3v) is 4.09. The van der Waals surface area contributed by atoms with Gasteiger partial charge in [0.25, 0.3) is 5.91 Å². The van der Waals surface area contributed by atoms with E-state index >= 15 is 0 Å². The quantitative estimate of drug-likeness (QED) is 0.868. The van der Waals surface area contributed by atoms with Crippen LogP contribution in [0.2, 0.25) is 0 Å². The molecular weight excluding hydrogens is 306 g/mol. The minimum Gasteiger partial charge on any atom is -0.386 e. The zero-order chi connectivity index (χ0) is 17.0. The fourth-order valence-electron chi connectivity index (χ4n) is 2.89. The van der Waals surface area contributed by atoms with E-state index in [1.165, 1.54) is 0 Å². The maximum Gasteiger partial charge on any atom is 0.269 e. The third-order valence-electron chi connectivity index (χ3n) is 4.09. The maximum absolute atomic E-state index is 12.2. The fraction of sp³-hybridized carbons (Fsp3) is 0.412. The van der Waals surface area contributed by atoms with E-state index in [9.17, 15) is 9.90 Å². The van der Waals surface area contributed by atoms with Crippen LogP contribution in [0.25, 0.3) is 0 Å². The van der Waals surface area contributed by atoms with Gasteiger partial charge in [0.05, 0.1) is 12.1 Å². The summed E-state index contributed by atoms with van der Waals surface area (Å²) in [5, 5.41) is 13.6. The van der Waals surface area contributed by atoms with Gasteiger partial charge in [0.15, 0.2) is 0 Å². The van der Waals surface area contributed by atoms with Gasteiger partial charge in [-0.1, -0.05) is 6.07 Å². The number of piperidine rings is 1. The van der Waals surface area contributed by atoms with Gasteiger partial charge in [0.1, 0.15) is 5.69 Å². The Balaban J connectivity index is 1.62. The van der Waals surface area contributed by atoms with Gasteiger partial charge in [-0.3, -0.25) is 4.79 Å². The first-order chi connectivity index (χ1) is 11.6. The van der Waals surface area contributed by atoms with Crippen LogP contribution in [0.4, 0.5) is 5.95 Å². The molecule has 24 heavy (non-hydrogen) atoms. The first-order valence-corrected chi connectivity index (χ1v) is 8.02. The number of nitrogens with zero attached hydrogens (tertiary/aromatic N) is 4. The van der Waals surface area contributed by atoms with Gasteiger partial charge in [-0.15, -0.1) is 0 Å². The molecule has 2 aromatic heterocycles. The van der Waals surface area contributed by atoms with Crippen LogP contribution in [-0.4, -0.2) is 51.2 Å². The molecule has 1 amide bonds. The number of rotatable bonds is 4. The van der Waals surface area contributed by atoms with Crippen LogP contribution in [-0.2, 0) is 0 Å². The van der Waals surface area contributed by atoms with Crippen LogP contribution in [0.1, 0.15) is 29.0 Å². The minimum atomic E-state index is -1.00. The predicted octanol–water partition coefficient (Wildman–Crippen LogP) is 0.941. The number of amides is 1. The van der Waals surface area contributed by atoms with Gasteiger partial charge in [-0.25, -0.2) is 15.0 Å². The molecule has 2 aromatic rings. The molecule has 7 heteroatoms. The Bertz CT molecular complexity index is 709. The lowest BCUT2D eigenvalue weighted by atomic mass is 9.93. The normalized spacial score (nSPS) is 20.7. The lowest BCUT2D eigenvalue weighted by Crippen LogP contribution is -2.54. The van der Waals surface area contributed by atoms with Crippen molar-refractivity contribution in [3.63, 3.8) is 0 Å². The molecule has 1 unspecified atom stereocenters. The molecule has 0 saturated carbocycles. The molecule has 0 spiro atoms. The fourth-order valence-corrected chi connectivity index (χ4v) is 2.89. The van der Waals surface area contributed by atoms with E-state index in [0.717, 1.165) is 18.7 Å². The summed E-state index contributed by atoms with van der Waals surface area (Å²) in [5.74, 6) is 0.322. The average molecular weight is 327 g/mol. The number of β-amino-alcohol motifs (C(OH)–C–C–N with tert-alkyl or cyclic N) is 1. The molecule has 1 atom stereocenters. The topological polar surface area (TPSA) is 91.2 Å². The maximum atomic E-state index is 12.2. The molecule has 0 aliphatic carbocycles. The Labute approximate surface area is 140 Å². The van der Waals surface area contributed by atoms with E-state index in [2.05, 4.69) is 20.3 Å². The summed E-state index contributed by atoms with van der Waals surface area (Å²) in [5.41, 5.74) is 0.140. The van der Waals surface area contributed by atoms with Crippen molar-refractivity contribution in [3.8, 4) is 0 Å². The van der Waals surface area contributed by atoms with Crippen LogP contribution in [0.5, 0.6) is 0 Å². The smallest absolute Gasteiger partial charge is 0.269 e. The molecule has 0 bridgehead atoms. The Morgan fingerprint density at radius 1 is 1.33 bits per heavy atom. The van der Waals surface area contributed by atoms with Crippen molar-refractivity contribution in [2.75, 3.05) is 24.5 Å². The summed E-state index contributed by atoms with van der Waals surface area (Å²) < 4.78 is 0. The summed E-state index contributed by atoms with van der Waals surface area (Å²) in [4.78, 5) is 26.8. The molecule has 7 nitrogen and oxygen atoms in total. The monoisotopic (exact) mass is 327 g/mol. The van der Waals surface area contributed by atoms with Crippen LogP contribution < -0.4 is 10.2 Å². The van der Waals surface area contributed by atoms with Crippen LogP contribution >= 0.6 is 0 Å². The molecule has 3 rings (SSSR count). The van der Waals surface area contributed by atoms with E-state index in [0.29, 0.717) is 24.6 Å². The highest BCUT2D eigenvalue weighted by Gasteiger charge is 2.34. The SMILES string of the molecule is Cc1cccc(C(=O)NCC2(O)CCCN(c3ncccn3)C2)n1. The van der Waals surface area contributed by atoms with Crippen molar-refractivity contribution < 1.29 is 9.90 Å². The number of anilines is 1. The summed E-state index contributed by atoms with van der Waals surface area (Å²) in [6.07, 6.45) is 4.80. The zero-order valence-electron chi connectivity index (χ0n) is 13.6. The molecule has 2 N–H and O–H groups in total. The molecule has 1 aliphatic heterocycles. The van der Waals surface area contributed by atoms with E-state index < -0.39 is 5.60 Å². The minimum absolute atomic E-state index is 0.171. The zero-order valence-corrected chi connectivity index (χ0v) is 13.6. The number of aliphatic hydroxyl groups is 1. The number of nitrogens with one attached hydrogen (secondary N) is 1. The standard InChI is InChI=1S/C17H21N5O2/c1-13-5-2-6-14(21-13)15(23)20-11-17(24)7-3-10-22(12-17)16-18-8-4-9-19-16/h2,4-6,8-9,24H,3,7,10-12H2,1H3,(H,20,23). The Morgan fingerprint density at radius 2 is 2.12 bits per heavy atom. The van der Waals surface area contributed by atoms with Crippen LogP contribution in [0.15, 0.2) is 36.7 Å². The molecule has 1 saturated heterocycles. The van der Waals surface area contributed by atoms with E-state index in [1.54, 1.807) is 30.6 Å². The summed E-state index contributed by atoms with van der Waals surface area (Å²) in [6.45, 7) is 3.19. The lowest BCUT2D eigenvalue weighted by molar-refractivity contribution is 0.0251. The molecule has 0 aromatic carbocycles. The van der Waals surface area contributed by atoms with Gasteiger partial charge >= 0.3 is 0 Å². The van der Waals surface area contributed by atoms with Crippen molar-refractivity contribution in [2.24, 2.45) is 0 Å². The highest BCUT2D eigenvalue weighted by atomic mass is 16.3. The number of carbonyl (C=O) groups is 1. The summed E-state index contributed by atoms with van der Waals surface area (Å²) in [7, 11) is 0. The van der Waals surface area contributed by atoms with Crippen molar-refractivity contribution >= 4 is 11.9 Å². The number of hydrogen-bond acceptors (Lipinski definition) is 6. The number of pyridine rings is 1. The largest absolute Gasteiger partial charge is 0.386 e. The lowest BCUT2D eigenvalue weighted by Gasteiger charge is -2.39. The van der Waals surface area contributed by atoms with Gasteiger partial charge in [0.2, 0.25) is 5.95 Å². The second-order valence-corrected chi connectivity index (χ2v) is 6.15. The third kappa shape index (κ3) is 3.86. The van der Waals surface area contributed by atoms with Gasteiger partial charge in [-0.05, 0) is 38.0 Å². The highest BCUT2D eigenvalue weighted by molar-refractivity contribution is 5.92. The van der Waals surface area contributed by atoms with Crippen molar-refractivity contribution in [1.29, 1.82) is 0 Å². The molecule has 1 aliphatic rings. The average Bonchev–Trinajstić information content (AvgIpc) is 2.60. The molecule has 126 valence electrons. The van der Waals surface area contributed by atoms with E-state index in [1.807, 2.05) is 17.9 Å². The van der Waals surface area contributed by atoms with Gasteiger partial charge in [0, 0.05) is 31.2 Å². The van der Waals surface area contributed by atoms with Gasteiger partial charge in [-0.2, -0.15) is 0 Å². The van der Waals surface area contributed by atoms with Gasteiger partial charge < -0.3 is 15.3 Å². The Hall–Kier alpha value is -2.54. The Morgan fingerprint density at radius 3 is 2.88 bits per heavy atom. The van der Waals surface area contributed by atoms with Crippen LogP contribution in [0, 0.1) is 6.92 Å². The second-order valence-electron chi connectivity index (χ2n) is 6.15. The summed E-state index contributed by atoms with van der Waals surface area (Å²) in [6, 6.07) is 7.05. The molecule has 0 radical (unpaired) electrons. The van der Waals surface area contributed by atoms with Crippen LogP contribution in [0.3, 0.4) is 0 Å².